The van der Waals surface area contributed by atoms with Gasteiger partial charge in [-0.25, -0.2) is 18.2 Å². The number of primary sulfonamides is 1. The highest BCUT2D eigenvalue weighted by atomic mass is 32.2. The number of nitrogens with two attached hydrogens (primary N) is 1. The molecule has 2 aliphatic heterocycles. The van der Waals surface area contributed by atoms with Crippen LogP contribution in [0.5, 0.6) is 23.0 Å². The zero-order valence-electron chi connectivity index (χ0n) is 21.4. The van der Waals surface area contributed by atoms with E-state index >= 15 is 0 Å². The fraction of sp³-hybridized carbons (Fsp3) is 0.179. The van der Waals surface area contributed by atoms with Crippen LogP contribution in [0.1, 0.15) is 11.3 Å². The Labute approximate surface area is 229 Å². The third-order valence-electron chi connectivity index (χ3n) is 7.13. The first kappa shape index (κ1) is 24.4. The molecule has 40 heavy (non-hydrogen) atoms. The number of aryl methyl sites for hydroxylation is 2. The minimum Gasteiger partial charge on any atom is -0.493 e. The molecule has 2 N–H and O–H groups in total. The zero-order chi connectivity index (χ0) is 27.4. The molecular weight excluding hydrogens is 534 g/mol. The summed E-state index contributed by atoms with van der Waals surface area (Å²) in [6.45, 7) is 1.21. The van der Waals surface area contributed by atoms with Gasteiger partial charge in [-0.15, -0.1) is 5.10 Å². The van der Waals surface area contributed by atoms with Crippen LogP contribution < -0.4 is 28.7 Å². The zero-order valence-corrected chi connectivity index (χ0v) is 22.2. The molecule has 12 heteroatoms. The molecule has 2 aliphatic rings. The number of hydrogen-bond acceptors (Lipinski definition) is 8. The standard InChI is InChI=1S/C28H24N5O6S/c1-36-25-7-2-17-10-24-22-12-27-26(38-16-39-27)11-18(22)8-9-32(24)14-23(17)28(25)37-15-19-13-33(31-30-19)20-3-5-21(6-4-20)40(29,34)35/h2-7,10-14H,8-9,15-16H2,1H3,(H2,29,34,35)/q+1. The predicted molar refractivity (Wildman–Crippen MR) is 143 cm³/mol. The van der Waals surface area contributed by atoms with Crippen LogP contribution in [-0.4, -0.2) is 37.3 Å². The number of ether oxygens (including phenoxy) is 4. The van der Waals surface area contributed by atoms with Gasteiger partial charge >= 0.3 is 0 Å². The first-order valence-electron chi connectivity index (χ1n) is 12.5. The highest BCUT2D eigenvalue weighted by molar-refractivity contribution is 7.89. The Kier molecular flexibility index (Phi) is 5.61. The number of nitrogens with zero attached hydrogens (tertiary/aromatic N) is 4. The van der Waals surface area contributed by atoms with E-state index in [0.717, 1.165) is 46.5 Å². The normalized spacial score (nSPS) is 13.7. The summed E-state index contributed by atoms with van der Waals surface area (Å²) in [5.41, 5.74) is 4.69. The lowest BCUT2D eigenvalue weighted by Gasteiger charge is -2.17. The third-order valence-corrected chi connectivity index (χ3v) is 8.06. The first-order chi connectivity index (χ1) is 19.4. The van der Waals surface area contributed by atoms with Crippen LogP contribution >= 0.6 is 0 Å². The van der Waals surface area contributed by atoms with Gasteiger partial charge in [0, 0.05) is 12.5 Å². The molecule has 3 aromatic carbocycles. The Hall–Kier alpha value is -4.68. The summed E-state index contributed by atoms with van der Waals surface area (Å²) in [5.74, 6) is 2.78. The molecule has 0 saturated heterocycles. The minimum atomic E-state index is -3.77. The molecule has 0 aliphatic carbocycles. The van der Waals surface area contributed by atoms with Gasteiger partial charge in [-0.3, -0.25) is 0 Å². The average molecular weight is 559 g/mol. The lowest BCUT2D eigenvalue weighted by Crippen LogP contribution is -2.40. The highest BCUT2D eigenvalue weighted by Crippen LogP contribution is 2.41. The van der Waals surface area contributed by atoms with E-state index in [1.165, 1.54) is 17.7 Å². The Balaban J connectivity index is 1.19. The van der Waals surface area contributed by atoms with Crippen molar-refractivity contribution in [1.29, 1.82) is 0 Å². The number of rotatable bonds is 6. The smallest absolute Gasteiger partial charge is 0.238 e. The minimum absolute atomic E-state index is 0.0257. The number of benzene rings is 3. The summed E-state index contributed by atoms with van der Waals surface area (Å²) in [5, 5.41) is 15.5. The fourth-order valence-electron chi connectivity index (χ4n) is 5.13. The largest absolute Gasteiger partial charge is 0.493 e. The van der Waals surface area contributed by atoms with E-state index in [0.29, 0.717) is 22.9 Å². The second kappa shape index (κ2) is 9.21. The van der Waals surface area contributed by atoms with Crippen molar-refractivity contribution < 1.29 is 31.9 Å². The number of sulfonamides is 1. The Morgan fingerprint density at radius 1 is 1.07 bits per heavy atom. The summed E-state index contributed by atoms with van der Waals surface area (Å²) >= 11 is 0. The average Bonchev–Trinajstić information content (AvgIpc) is 3.63. The molecule has 4 heterocycles. The van der Waals surface area contributed by atoms with Gasteiger partial charge in [0.15, 0.2) is 35.7 Å². The van der Waals surface area contributed by atoms with E-state index in [-0.39, 0.29) is 18.3 Å². The second-order valence-corrected chi connectivity index (χ2v) is 11.1. The van der Waals surface area contributed by atoms with E-state index in [2.05, 4.69) is 39.3 Å². The van der Waals surface area contributed by atoms with Gasteiger partial charge < -0.3 is 18.9 Å². The van der Waals surface area contributed by atoms with E-state index in [4.69, 9.17) is 24.1 Å². The van der Waals surface area contributed by atoms with Crippen LogP contribution in [-0.2, 0) is 29.6 Å². The lowest BCUT2D eigenvalue weighted by molar-refractivity contribution is -0.686. The maximum Gasteiger partial charge on any atom is 0.238 e. The molecule has 0 amide bonds. The molecular formula is C28H24N5O6S+. The van der Waals surface area contributed by atoms with Gasteiger partial charge in [-0.2, -0.15) is 4.57 Å². The molecule has 0 spiro atoms. The molecule has 7 rings (SSSR count). The van der Waals surface area contributed by atoms with Gasteiger partial charge in [0.1, 0.15) is 12.3 Å². The number of pyridine rings is 1. The van der Waals surface area contributed by atoms with Crippen molar-refractivity contribution in [2.45, 2.75) is 24.5 Å². The Bertz CT molecular complexity index is 1900. The van der Waals surface area contributed by atoms with Crippen molar-refractivity contribution in [2.75, 3.05) is 13.9 Å². The lowest BCUT2D eigenvalue weighted by atomic mass is 9.95. The van der Waals surface area contributed by atoms with E-state index in [1.807, 2.05) is 12.1 Å². The van der Waals surface area contributed by atoms with Gasteiger partial charge in [-0.1, -0.05) is 5.21 Å². The fourth-order valence-corrected chi connectivity index (χ4v) is 5.65. The summed E-state index contributed by atoms with van der Waals surface area (Å²) < 4.78 is 49.9. The predicted octanol–water partition coefficient (Wildman–Crippen LogP) is 2.89. The van der Waals surface area contributed by atoms with Crippen molar-refractivity contribution >= 4 is 20.8 Å². The Morgan fingerprint density at radius 2 is 1.88 bits per heavy atom. The van der Waals surface area contributed by atoms with Crippen molar-refractivity contribution in [3.8, 4) is 39.9 Å². The maximum absolute atomic E-state index is 11.5. The van der Waals surface area contributed by atoms with Gasteiger partial charge in [0.05, 0.1) is 34.8 Å². The Morgan fingerprint density at radius 3 is 2.65 bits per heavy atom. The van der Waals surface area contributed by atoms with Crippen LogP contribution in [0.15, 0.2) is 71.9 Å². The number of fused-ring (bicyclic) bond motifs is 5. The molecule has 0 bridgehead atoms. The van der Waals surface area contributed by atoms with Gasteiger partial charge in [-0.05, 0) is 59.5 Å². The third kappa shape index (κ3) is 4.17. The highest BCUT2D eigenvalue weighted by Gasteiger charge is 2.28. The first-order valence-corrected chi connectivity index (χ1v) is 14.1. The van der Waals surface area contributed by atoms with Crippen LogP contribution in [0.2, 0.25) is 0 Å². The molecule has 0 unspecified atom stereocenters. The van der Waals surface area contributed by atoms with Crippen LogP contribution in [0, 0.1) is 0 Å². The number of hydrogen-bond donors (Lipinski definition) is 1. The summed E-state index contributed by atoms with van der Waals surface area (Å²) in [6.07, 6.45) is 4.69. The van der Waals surface area contributed by atoms with Crippen molar-refractivity contribution in [1.82, 2.24) is 15.0 Å². The molecule has 5 aromatic rings. The molecule has 0 saturated carbocycles. The maximum atomic E-state index is 11.5. The number of methoxy groups -OCH3 is 1. The quantitative estimate of drug-likeness (QED) is 0.315. The van der Waals surface area contributed by atoms with E-state index in [1.54, 1.807) is 30.1 Å². The SMILES string of the molecule is COc1ccc2cc3[n+](cc2c1OCc1cn(-c2ccc(S(N)(=O)=O)cc2)nn1)CCc1cc2c(cc1-3)OCO2. The topological polar surface area (TPSA) is 132 Å². The summed E-state index contributed by atoms with van der Waals surface area (Å²) in [6, 6.07) is 16.3. The molecule has 11 nitrogen and oxygen atoms in total. The molecule has 0 fully saturated rings. The van der Waals surface area contributed by atoms with E-state index < -0.39 is 10.0 Å². The van der Waals surface area contributed by atoms with Gasteiger partial charge in [0.25, 0.3) is 0 Å². The summed E-state index contributed by atoms with van der Waals surface area (Å²) in [7, 11) is -2.16. The van der Waals surface area contributed by atoms with Crippen molar-refractivity contribution in [3.63, 3.8) is 0 Å². The summed E-state index contributed by atoms with van der Waals surface area (Å²) in [4.78, 5) is 0.0257. The van der Waals surface area contributed by atoms with Crippen LogP contribution in [0.4, 0.5) is 0 Å². The van der Waals surface area contributed by atoms with Gasteiger partial charge in [0.2, 0.25) is 22.5 Å². The number of aromatic nitrogens is 4. The molecule has 0 radical (unpaired) electrons. The molecule has 2 aromatic heterocycles. The second-order valence-electron chi connectivity index (χ2n) is 9.55. The van der Waals surface area contributed by atoms with Crippen molar-refractivity contribution in [2.24, 2.45) is 5.14 Å². The van der Waals surface area contributed by atoms with Crippen molar-refractivity contribution in [3.05, 3.63) is 78.2 Å². The molecule has 0 atom stereocenters. The van der Waals surface area contributed by atoms with Crippen LogP contribution in [0.25, 0.3) is 27.7 Å². The van der Waals surface area contributed by atoms with E-state index in [9.17, 15) is 8.42 Å². The van der Waals surface area contributed by atoms with Crippen LogP contribution in [0.3, 0.4) is 0 Å². The molecule has 202 valence electrons. The monoisotopic (exact) mass is 558 g/mol.